The van der Waals surface area contributed by atoms with Gasteiger partial charge in [-0.1, -0.05) is 11.6 Å². The number of aromatic nitrogens is 5. The monoisotopic (exact) mass is 883 g/mol. The maximum atomic E-state index is 12.9. The molecule has 0 saturated heterocycles. The molecule has 0 aliphatic rings. The predicted octanol–water partition coefficient (Wildman–Crippen LogP) is 3.78. The normalized spacial score (nSPS) is 11.3. The lowest BCUT2D eigenvalue weighted by Gasteiger charge is -2.15. The number of methoxy groups -OCH3 is 1. The van der Waals surface area contributed by atoms with Crippen molar-refractivity contribution in [2.24, 2.45) is 7.05 Å². The minimum Gasteiger partial charge on any atom is -0.478 e. The van der Waals surface area contributed by atoms with Crippen molar-refractivity contribution in [1.82, 2.24) is 28.8 Å². The summed E-state index contributed by atoms with van der Waals surface area (Å²) in [5.41, 5.74) is -4.47. The summed E-state index contributed by atoms with van der Waals surface area (Å²) in [4.78, 5) is 70.5. The smallest absolute Gasteiger partial charge is 0.431 e. The van der Waals surface area contributed by atoms with Crippen LogP contribution in [0.25, 0.3) is 5.69 Å². The van der Waals surface area contributed by atoms with E-state index in [0.717, 1.165) is 25.2 Å². The fourth-order valence-corrected chi connectivity index (χ4v) is 6.05. The quantitative estimate of drug-likeness (QED) is 0.169. The number of hydrogen-bond donors (Lipinski definition) is 3. The lowest BCUT2D eigenvalue weighted by Crippen LogP contribution is -2.40. The molecule has 0 radical (unpaired) electrons. The third-order valence-electron chi connectivity index (χ3n) is 6.21. The Balaban J connectivity index is 0.000000280. The third kappa shape index (κ3) is 10.2. The first kappa shape index (κ1) is 41.3. The summed E-state index contributed by atoms with van der Waals surface area (Å²) in [6.45, 7) is 4.76. The topological polar surface area (TPSA) is 231 Å². The summed E-state index contributed by atoms with van der Waals surface area (Å²) in [6, 6.07) is 6.37. The van der Waals surface area contributed by atoms with E-state index in [4.69, 9.17) is 26.2 Å². The van der Waals surface area contributed by atoms with Gasteiger partial charge in [0.1, 0.15) is 16.4 Å². The third-order valence-corrected chi connectivity index (χ3v) is 8.58. The number of carboxylic acid groups (broad SMARTS) is 1. The van der Waals surface area contributed by atoms with Gasteiger partial charge in [-0.3, -0.25) is 14.7 Å². The highest BCUT2D eigenvalue weighted by atomic mass is 127. The molecule has 4 rings (SSSR count). The van der Waals surface area contributed by atoms with Gasteiger partial charge in [0.25, 0.3) is 15.6 Å². The number of alkyl halides is 3. The molecule has 0 atom stereocenters. The molecule has 0 saturated carbocycles. The van der Waals surface area contributed by atoms with E-state index < -0.39 is 67.7 Å². The van der Waals surface area contributed by atoms with Crippen molar-refractivity contribution in [1.29, 1.82) is 0 Å². The molecule has 2 aromatic carbocycles. The van der Waals surface area contributed by atoms with E-state index in [-0.39, 0.29) is 34.1 Å². The fourth-order valence-electron chi connectivity index (χ4n) is 4.03. The minimum atomic E-state index is -4.86. The number of carboxylic acids is 1. The molecule has 2 heterocycles. The van der Waals surface area contributed by atoms with Crippen LogP contribution in [0.1, 0.15) is 46.1 Å². The van der Waals surface area contributed by atoms with E-state index >= 15 is 0 Å². The highest BCUT2D eigenvalue weighted by molar-refractivity contribution is 14.1. The Morgan fingerprint density at radius 2 is 1.67 bits per heavy atom. The van der Waals surface area contributed by atoms with Gasteiger partial charge < -0.3 is 14.6 Å². The molecule has 2 amide bonds. The van der Waals surface area contributed by atoms with Gasteiger partial charge in [-0.2, -0.15) is 28.1 Å². The number of rotatable bonds is 8. The van der Waals surface area contributed by atoms with E-state index in [1.54, 1.807) is 18.6 Å². The number of amides is 2. The first-order valence-corrected chi connectivity index (χ1v) is 17.0. The molecule has 0 unspecified atom stereocenters. The molecule has 0 aliphatic heterocycles. The Hall–Kier alpha value is -5.10. The highest BCUT2D eigenvalue weighted by Gasteiger charge is 2.35. The van der Waals surface area contributed by atoms with Crippen LogP contribution in [-0.4, -0.2) is 68.8 Å². The van der Waals surface area contributed by atoms with Crippen LogP contribution in [0.5, 0.6) is 6.01 Å². The van der Waals surface area contributed by atoms with Crippen LogP contribution in [-0.2, 0) is 28.0 Å². The van der Waals surface area contributed by atoms with Gasteiger partial charge in [0, 0.05) is 16.7 Å². The Labute approximate surface area is 310 Å². The molecule has 3 N–H and O–H groups in total. The molecular formula is C29H26ClF3IN7O10S. The van der Waals surface area contributed by atoms with Gasteiger partial charge >= 0.3 is 35.8 Å². The van der Waals surface area contributed by atoms with Crippen molar-refractivity contribution >= 4 is 68.1 Å². The summed E-state index contributed by atoms with van der Waals surface area (Å²) in [5.74, 6) is -2.23. The number of nitrogens with one attached hydrogen (secondary N) is 2. The largest absolute Gasteiger partial charge is 0.478 e. The molecule has 0 fully saturated rings. The Bertz CT molecular complexity index is 2280. The summed E-state index contributed by atoms with van der Waals surface area (Å²) in [6.07, 6.45) is -5.30. The number of ether oxygens (including phenoxy) is 2. The number of aromatic carboxylic acids is 1. The van der Waals surface area contributed by atoms with Crippen LogP contribution in [0.15, 0.2) is 56.9 Å². The second-order valence-corrected chi connectivity index (χ2v) is 13.7. The average molecular weight is 884 g/mol. The zero-order valence-electron chi connectivity index (χ0n) is 27.3. The maximum absolute atomic E-state index is 12.9. The van der Waals surface area contributed by atoms with Crippen LogP contribution >= 0.6 is 34.2 Å². The van der Waals surface area contributed by atoms with Crippen LogP contribution in [0.2, 0.25) is 5.02 Å². The van der Waals surface area contributed by atoms with Crippen LogP contribution < -0.4 is 26.0 Å². The second-order valence-electron chi connectivity index (χ2n) is 10.4. The van der Waals surface area contributed by atoms with Crippen LogP contribution in [0, 0.1) is 10.5 Å². The highest BCUT2D eigenvalue weighted by Crippen LogP contribution is 2.27. The summed E-state index contributed by atoms with van der Waals surface area (Å²) in [7, 11) is -2.25. The number of nitrogens with zero attached hydrogens (tertiary/aromatic N) is 5. The van der Waals surface area contributed by atoms with Gasteiger partial charge in [0.05, 0.1) is 35.1 Å². The SMILES string of the molecule is CC(C)OC(=O)c1cc(-n2c(=O)cc(C(F)(F)F)n(C)c2=O)ccc1Cl.COc1nc(C)nc(NC(=O)NS(=O)(=O)c2cc(I)ccc2C(=O)O)n1. The van der Waals surface area contributed by atoms with Gasteiger partial charge in [0.15, 0.2) is 0 Å². The summed E-state index contributed by atoms with van der Waals surface area (Å²) < 4.78 is 76.3. The van der Waals surface area contributed by atoms with Crippen LogP contribution in [0.4, 0.5) is 23.9 Å². The number of benzene rings is 2. The van der Waals surface area contributed by atoms with Crippen molar-refractivity contribution in [3.63, 3.8) is 0 Å². The Morgan fingerprint density at radius 3 is 2.25 bits per heavy atom. The molecule has 23 heteroatoms. The van der Waals surface area contributed by atoms with Crippen molar-refractivity contribution in [2.75, 3.05) is 12.4 Å². The molecule has 2 aromatic heterocycles. The molecular weight excluding hydrogens is 858 g/mol. The predicted molar refractivity (Wildman–Crippen MR) is 184 cm³/mol. The number of sulfonamides is 1. The molecule has 0 aliphatic carbocycles. The lowest BCUT2D eigenvalue weighted by molar-refractivity contribution is -0.144. The molecule has 278 valence electrons. The Kier molecular flexibility index (Phi) is 13.1. The number of carbonyl (C=O) groups is 3. The van der Waals surface area contributed by atoms with E-state index in [0.29, 0.717) is 18.8 Å². The van der Waals surface area contributed by atoms with Crippen molar-refractivity contribution in [3.8, 4) is 11.7 Å². The summed E-state index contributed by atoms with van der Waals surface area (Å²) in [5, 5.41) is 11.3. The molecule has 0 spiro atoms. The van der Waals surface area contributed by atoms with Crippen molar-refractivity contribution in [3.05, 3.63) is 94.5 Å². The maximum Gasteiger partial charge on any atom is 0.431 e. The minimum absolute atomic E-state index is 0.0104. The lowest BCUT2D eigenvalue weighted by atomic mass is 10.2. The van der Waals surface area contributed by atoms with Gasteiger partial charge in [-0.05, 0) is 79.8 Å². The number of halogens is 5. The number of carbonyl (C=O) groups excluding carboxylic acids is 2. The van der Waals surface area contributed by atoms with E-state index in [9.17, 15) is 45.6 Å². The standard InChI is InChI=1S/C16H14ClF3N2O4.C13H12IN5O6S/c1-8(2)26-14(24)10-6-9(4-5-11(10)17)22-13(23)7-12(16(18,19)20)21(3)15(22)25;1-6-15-11(18-13(16-6)25-2)17-12(22)19-26(23,24)9-5-7(14)3-4-8(9)10(20)21/h4-8H,1-3H3;3-5H,1-2H3,(H,20,21)(H2,15,16,17,18,19,22). The van der Waals surface area contributed by atoms with Crippen LogP contribution in [0.3, 0.4) is 0 Å². The second kappa shape index (κ2) is 16.5. The van der Waals surface area contributed by atoms with Crippen molar-refractivity contribution in [2.45, 2.75) is 37.9 Å². The van der Waals surface area contributed by atoms with E-state index in [2.05, 4.69) is 20.3 Å². The summed E-state index contributed by atoms with van der Waals surface area (Å²) >= 11 is 7.76. The number of urea groups is 1. The van der Waals surface area contributed by atoms with Gasteiger partial charge in [-0.15, -0.1) is 0 Å². The zero-order valence-corrected chi connectivity index (χ0v) is 31.0. The number of aryl methyl sites for hydroxylation is 1. The average Bonchev–Trinajstić information content (AvgIpc) is 3.02. The Morgan fingerprint density at radius 1 is 1.02 bits per heavy atom. The zero-order chi connectivity index (χ0) is 39.3. The number of anilines is 1. The first-order valence-electron chi connectivity index (χ1n) is 14.1. The molecule has 4 aromatic rings. The molecule has 0 bridgehead atoms. The van der Waals surface area contributed by atoms with Gasteiger partial charge in [0.2, 0.25) is 5.95 Å². The number of esters is 1. The van der Waals surface area contributed by atoms with Gasteiger partial charge in [-0.25, -0.2) is 36.9 Å². The van der Waals surface area contributed by atoms with E-state index in [1.807, 2.05) is 22.6 Å². The molecule has 17 nitrogen and oxygen atoms in total. The van der Waals surface area contributed by atoms with Crippen molar-refractivity contribution < 1.29 is 50.6 Å². The molecule has 52 heavy (non-hydrogen) atoms. The van der Waals surface area contributed by atoms with E-state index in [1.165, 1.54) is 32.2 Å². The first-order chi connectivity index (χ1) is 24.0. The fraction of sp³-hybridized carbons (Fsp3) is 0.241. The number of hydrogen-bond acceptors (Lipinski definition) is 12.